The van der Waals surface area contributed by atoms with E-state index in [-0.39, 0.29) is 13.0 Å². The first-order valence-corrected chi connectivity index (χ1v) is 11.2. The quantitative estimate of drug-likeness (QED) is 0.505. The zero-order valence-electron chi connectivity index (χ0n) is 14.5. The van der Waals surface area contributed by atoms with Gasteiger partial charge in [-0.3, -0.25) is 4.18 Å². The zero-order chi connectivity index (χ0) is 19.5. The van der Waals surface area contributed by atoms with Gasteiger partial charge in [0.2, 0.25) is 0 Å². The maximum atomic E-state index is 11.5. The van der Waals surface area contributed by atoms with Gasteiger partial charge >= 0.3 is 0 Å². The van der Waals surface area contributed by atoms with Crippen LogP contribution in [0.2, 0.25) is 5.02 Å². The summed E-state index contributed by atoms with van der Waals surface area (Å²) in [5.74, 6) is 0. The van der Waals surface area contributed by atoms with Crippen LogP contribution >= 0.6 is 22.9 Å². The van der Waals surface area contributed by atoms with Crippen molar-refractivity contribution in [3.8, 4) is 0 Å². The highest BCUT2D eigenvalue weighted by Crippen LogP contribution is 2.40. The number of rotatable bonds is 8. The third kappa shape index (κ3) is 5.03. The maximum absolute atomic E-state index is 11.5. The Morgan fingerprint density at radius 3 is 2.67 bits per heavy atom. The number of hydrogen-bond donors (Lipinski definition) is 1. The van der Waals surface area contributed by atoms with Crippen LogP contribution in [-0.4, -0.2) is 26.4 Å². The van der Waals surface area contributed by atoms with Crippen molar-refractivity contribution >= 4 is 33.1 Å². The Bertz CT molecular complexity index is 915. The number of benzene rings is 1. The minimum Gasteiger partial charge on any atom is -0.454 e. The highest BCUT2D eigenvalue weighted by Gasteiger charge is 2.34. The van der Waals surface area contributed by atoms with Gasteiger partial charge in [0.15, 0.2) is 0 Å². The van der Waals surface area contributed by atoms with Gasteiger partial charge in [-0.25, -0.2) is 0 Å². The van der Waals surface area contributed by atoms with Crippen LogP contribution in [0.25, 0.3) is 0 Å². The van der Waals surface area contributed by atoms with Gasteiger partial charge < -0.3 is 14.6 Å². The molecule has 1 aromatic heterocycles. The third-order valence-corrected chi connectivity index (χ3v) is 5.86. The number of thiophene rings is 1. The Balaban J connectivity index is 1.85. The first-order chi connectivity index (χ1) is 12.8. The van der Waals surface area contributed by atoms with Gasteiger partial charge in [-0.2, -0.15) is 8.42 Å². The van der Waals surface area contributed by atoms with Crippen molar-refractivity contribution < 1.29 is 27.2 Å². The maximum Gasteiger partial charge on any atom is 0.275 e. The molecule has 9 heteroatoms. The molecule has 0 aliphatic carbocycles. The molecule has 0 radical (unpaired) electrons. The van der Waals surface area contributed by atoms with Crippen LogP contribution in [0.15, 0.2) is 48.2 Å². The van der Waals surface area contributed by atoms with E-state index in [0.717, 1.165) is 11.1 Å². The van der Waals surface area contributed by atoms with Crippen molar-refractivity contribution in [1.82, 2.24) is 0 Å². The summed E-state index contributed by atoms with van der Waals surface area (Å²) in [5.41, 5.74) is -0.0830. The summed E-state index contributed by atoms with van der Waals surface area (Å²) in [7, 11) is -3.53. The van der Waals surface area contributed by atoms with Gasteiger partial charge in [0, 0.05) is 5.02 Å². The Labute approximate surface area is 167 Å². The van der Waals surface area contributed by atoms with Gasteiger partial charge in [-0.15, -0.1) is 11.3 Å². The van der Waals surface area contributed by atoms with Gasteiger partial charge in [-0.05, 0) is 47.5 Å². The van der Waals surface area contributed by atoms with E-state index in [4.69, 9.17) is 25.3 Å². The largest absolute Gasteiger partial charge is 0.454 e. The first-order valence-electron chi connectivity index (χ1n) is 8.16. The average molecular weight is 431 g/mol. The molecule has 0 fully saturated rings. The van der Waals surface area contributed by atoms with Crippen molar-refractivity contribution in [2.24, 2.45) is 0 Å². The van der Waals surface area contributed by atoms with Crippen LogP contribution in [0.5, 0.6) is 0 Å². The van der Waals surface area contributed by atoms with E-state index in [1.165, 1.54) is 23.9 Å². The fourth-order valence-corrected chi connectivity index (χ4v) is 4.36. The first kappa shape index (κ1) is 20.2. The minimum atomic E-state index is -3.53. The van der Waals surface area contributed by atoms with Crippen molar-refractivity contribution in [3.05, 3.63) is 69.3 Å². The molecule has 1 aliphatic rings. The van der Waals surface area contributed by atoms with Crippen molar-refractivity contribution in [1.29, 1.82) is 0 Å². The van der Waals surface area contributed by atoms with Crippen LogP contribution in [0, 0.1) is 0 Å². The van der Waals surface area contributed by atoms with Crippen molar-refractivity contribution in [3.63, 3.8) is 0 Å². The molecule has 6 nitrogen and oxygen atoms in total. The number of aliphatic hydroxyl groups is 1. The molecule has 0 saturated heterocycles. The third-order valence-electron chi connectivity index (χ3n) is 4.07. The summed E-state index contributed by atoms with van der Waals surface area (Å²) in [4.78, 5) is 0.808. The fraction of sp³-hybridized carbons (Fsp3) is 0.333. The van der Waals surface area contributed by atoms with Crippen LogP contribution in [0.1, 0.15) is 35.1 Å². The topological polar surface area (TPSA) is 82.1 Å². The molecule has 1 aliphatic heterocycles. The van der Waals surface area contributed by atoms with Crippen LogP contribution < -0.4 is 0 Å². The molecule has 1 aromatic carbocycles. The smallest absolute Gasteiger partial charge is 0.275 e. The molecule has 2 heterocycles. The van der Waals surface area contributed by atoms with E-state index < -0.39 is 22.0 Å². The highest BCUT2D eigenvalue weighted by molar-refractivity contribution is 7.85. The molecule has 0 unspecified atom stereocenters. The van der Waals surface area contributed by atoms with E-state index in [1.807, 2.05) is 11.4 Å². The second-order valence-electron chi connectivity index (χ2n) is 6.11. The summed E-state index contributed by atoms with van der Waals surface area (Å²) in [5, 5.41) is 13.8. The summed E-state index contributed by atoms with van der Waals surface area (Å²) in [6.07, 6.45) is 3.99. The van der Waals surface area contributed by atoms with Gasteiger partial charge in [0.05, 0.1) is 17.7 Å². The lowest BCUT2D eigenvalue weighted by molar-refractivity contribution is -0.0219. The summed E-state index contributed by atoms with van der Waals surface area (Å²) in [6.45, 7) is -0.0164. The zero-order valence-corrected chi connectivity index (χ0v) is 16.9. The summed E-state index contributed by atoms with van der Waals surface area (Å²) < 4.78 is 37.8. The molecule has 1 atom stereocenters. The van der Waals surface area contributed by atoms with Gasteiger partial charge in [0.1, 0.15) is 18.1 Å². The predicted octanol–water partition coefficient (Wildman–Crippen LogP) is 3.91. The lowest BCUT2D eigenvalue weighted by atomic mass is 9.84. The van der Waals surface area contributed by atoms with Crippen molar-refractivity contribution in [2.45, 2.75) is 24.7 Å². The molecule has 3 rings (SSSR count). The van der Waals surface area contributed by atoms with E-state index in [9.17, 15) is 13.5 Å². The molecule has 27 heavy (non-hydrogen) atoms. The SMILES string of the molecule is CS(=O)(=O)OCCC[C@@](O)(c1cccc(Cl)c1)c1csc(C2OC=CO2)c1. The molecule has 0 saturated carbocycles. The average Bonchev–Trinajstić information content (AvgIpc) is 3.28. The normalized spacial score (nSPS) is 16.7. The van der Waals surface area contributed by atoms with E-state index in [0.29, 0.717) is 22.6 Å². The van der Waals surface area contributed by atoms with E-state index in [1.54, 1.807) is 24.3 Å². The van der Waals surface area contributed by atoms with Gasteiger partial charge in [0.25, 0.3) is 16.4 Å². The predicted molar refractivity (Wildman–Crippen MR) is 103 cm³/mol. The van der Waals surface area contributed by atoms with Gasteiger partial charge in [-0.1, -0.05) is 23.7 Å². The lowest BCUT2D eigenvalue weighted by Crippen LogP contribution is -2.27. The van der Waals surface area contributed by atoms with E-state index >= 15 is 0 Å². The number of ether oxygens (including phenoxy) is 2. The monoisotopic (exact) mass is 430 g/mol. The molecule has 2 aromatic rings. The second-order valence-corrected chi connectivity index (χ2v) is 9.14. The van der Waals surface area contributed by atoms with Crippen LogP contribution in [-0.2, 0) is 29.4 Å². The second kappa shape index (κ2) is 8.20. The van der Waals surface area contributed by atoms with E-state index in [2.05, 4.69) is 0 Å². The molecule has 146 valence electrons. The Kier molecular flexibility index (Phi) is 6.12. The van der Waals surface area contributed by atoms with Crippen LogP contribution in [0.3, 0.4) is 0 Å². The highest BCUT2D eigenvalue weighted by atomic mass is 35.5. The molecule has 0 amide bonds. The minimum absolute atomic E-state index is 0.0164. The number of hydrogen-bond acceptors (Lipinski definition) is 7. The molecule has 0 spiro atoms. The molecule has 1 N–H and O–H groups in total. The molecule has 0 bridgehead atoms. The summed E-state index contributed by atoms with van der Waals surface area (Å²) >= 11 is 7.51. The fourth-order valence-electron chi connectivity index (χ4n) is 2.81. The lowest BCUT2D eigenvalue weighted by Gasteiger charge is -2.28. The standard InChI is InChI=1S/C18H19ClO6S2/c1-27(21,22)25-7-3-6-18(20,13-4-2-5-15(19)10-13)14-11-16(26-12-14)17-23-8-9-24-17/h2,4-5,8-12,17,20H,3,6-7H2,1H3/t18-/m1/s1. The van der Waals surface area contributed by atoms with Crippen LogP contribution in [0.4, 0.5) is 0 Å². The molecular formula is C18H19ClO6S2. The summed E-state index contributed by atoms with van der Waals surface area (Å²) in [6, 6.07) is 8.78. The Morgan fingerprint density at radius 2 is 2.00 bits per heavy atom. The Hall–Kier alpha value is -1.58. The van der Waals surface area contributed by atoms with Crippen molar-refractivity contribution in [2.75, 3.05) is 12.9 Å². The molecular weight excluding hydrogens is 412 g/mol. The number of halogens is 1. The Morgan fingerprint density at radius 1 is 1.26 bits per heavy atom.